The summed E-state index contributed by atoms with van der Waals surface area (Å²) >= 11 is 0. The van der Waals surface area contributed by atoms with Crippen LogP contribution in [0.15, 0.2) is 58.3 Å². The number of benzene rings is 1. The molecule has 1 aromatic heterocycles. The first-order chi connectivity index (χ1) is 17.8. The van der Waals surface area contributed by atoms with Crippen molar-refractivity contribution in [2.75, 3.05) is 46.4 Å². The summed E-state index contributed by atoms with van der Waals surface area (Å²) in [6.45, 7) is 9.12. The third-order valence-corrected chi connectivity index (χ3v) is 6.99. The lowest BCUT2D eigenvalue weighted by Crippen LogP contribution is -2.49. The Balaban J connectivity index is 1.61. The van der Waals surface area contributed by atoms with Crippen molar-refractivity contribution < 1.29 is 23.5 Å². The number of furan rings is 1. The molecular formula is C28H36N4O5. The molecule has 3 heterocycles. The molecule has 9 heteroatoms. The Bertz CT molecular complexity index is 1140. The molecular weight excluding hydrogens is 472 g/mol. The molecule has 4 rings (SSSR count). The van der Waals surface area contributed by atoms with Gasteiger partial charge in [-0.1, -0.05) is 38.1 Å². The summed E-state index contributed by atoms with van der Waals surface area (Å²) in [4.78, 5) is 44.5. The van der Waals surface area contributed by atoms with Gasteiger partial charge in [-0.2, -0.15) is 0 Å². The van der Waals surface area contributed by atoms with Gasteiger partial charge in [-0.05, 0) is 42.5 Å². The van der Waals surface area contributed by atoms with Crippen LogP contribution in [0.25, 0.3) is 0 Å². The number of hydrogen-bond donors (Lipinski definition) is 1. The fourth-order valence-corrected chi connectivity index (χ4v) is 4.82. The number of urea groups is 1. The van der Waals surface area contributed by atoms with Gasteiger partial charge < -0.3 is 19.4 Å². The molecule has 0 radical (unpaired) electrons. The van der Waals surface area contributed by atoms with Crippen LogP contribution in [0.2, 0.25) is 0 Å². The molecule has 2 aliphatic rings. The van der Waals surface area contributed by atoms with Crippen molar-refractivity contribution in [3.8, 4) is 0 Å². The third kappa shape index (κ3) is 5.88. The highest BCUT2D eigenvalue weighted by Gasteiger charge is 2.37. The minimum absolute atomic E-state index is 0.127. The number of rotatable bonds is 7. The van der Waals surface area contributed by atoms with E-state index in [9.17, 15) is 14.4 Å². The Labute approximate surface area is 218 Å². The van der Waals surface area contributed by atoms with Crippen LogP contribution in [0.5, 0.6) is 0 Å². The van der Waals surface area contributed by atoms with Crippen LogP contribution in [-0.4, -0.2) is 79.0 Å². The van der Waals surface area contributed by atoms with Gasteiger partial charge in [0.1, 0.15) is 0 Å². The van der Waals surface area contributed by atoms with E-state index >= 15 is 0 Å². The van der Waals surface area contributed by atoms with Crippen molar-refractivity contribution in [1.29, 1.82) is 0 Å². The second kappa shape index (κ2) is 11.6. The third-order valence-electron chi connectivity index (χ3n) is 6.99. The number of carbonyl (C=O) groups excluding carboxylic acids is 3. The molecule has 1 fully saturated rings. The van der Waals surface area contributed by atoms with Gasteiger partial charge in [0.25, 0.3) is 5.91 Å². The Morgan fingerprint density at radius 2 is 1.86 bits per heavy atom. The van der Waals surface area contributed by atoms with Crippen molar-refractivity contribution in [1.82, 2.24) is 20.0 Å². The van der Waals surface area contributed by atoms with Crippen molar-refractivity contribution in [3.63, 3.8) is 0 Å². The zero-order valence-electron chi connectivity index (χ0n) is 22.0. The Hall–Kier alpha value is -3.59. The van der Waals surface area contributed by atoms with E-state index < -0.39 is 12.0 Å². The van der Waals surface area contributed by atoms with Crippen LogP contribution < -0.4 is 5.32 Å². The minimum atomic E-state index is -0.608. The number of ether oxygens (including phenoxy) is 1. The van der Waals surface area contributed by atoms with E-state index in [2.05, 4.69) is 24.1 Å². The molecule has 1 atom stereocenters. The topological polar surface area (TPSA) is 95.3 Å². The zero-order valence-corrected chi connectivity index (χ0v) is 22.0. The summed E-state index contributed by atoms with van der Waals surface area (Å²) < 4.78 is 10.7. The first-order valence-corrected chi connectivity index (χ1v) is 12.9. The van der Waals surface area contributed by atoms with Crippen LogP contribution in [0, 0.1) is 0 Å². The molecule has 1 N–H and O–H groups in total. The van der Waals surface area contributed by atoms with E-state index in [-0.39, 0.29) is 18.5 Å². The summed E-state index contributed by atoms with van der Waals surface area (Å²) in [6.07, 6.45) is 2.27. The predicted octanol–water partition coefficient (Wildman–Crippen LogP) is 3.76. The van der Waals surface area contributed by atoms with Gasteiger partial charge in [0.05, 0.1) is 24.5 Å². The number of hydrogen-bond acceptors (Lipinski definition) is 6. The van der Waals surface area contributed by atoms with Gasteiger partial charge in [0.15, 0.2) is 5.76 Å². The SMILES string of the molecule is CCOC(=O)C1=C(CN2CCCN(C(=O)c3ccco3)CC2)N(C)C(=O)N[C@H]1c1ccc(C(C)C)cc1. The molecule has 2 aromatic rings. The average Bonchev–Trinajstić information content (AvgIpc) is 3.33. The standard InChI is InChI=1S/C28H36N4O5/c1-5-36-27(34)24-22(18-31-13-7-14-32(16-15-31)26(33)23-8-6-17-37-23)30(4)28(35)29-25(24)21-11-9-20(10-12-21)19(2)3/h6,8-12,17,19,25H,5,7,13-16,18H2,1-4H3,(H,29,35)/t25-/m0/s1. The summed E-state index contributed by atoms with van der Waals surface area (Å²) in [5.41, 5.74) is 3.07. The zero-order chi connectivity index (χ0) is 26.5. The van der Waals surface area contributed by atoms with E-state index in [1.807, 2.05) is 24.3 Å². The van der Waals surface area contributed by atoms with Gasteiger partial charge in [0.2, 0.25) is 0 Å². The van der Waals surface area contributed by atoms with Gasteiger partial charge in [-0.15, -0.1) is 0 Å². The number of nitrogens with zero attached hydrogens (tertiary/aromatic N) is 3. The van der Waals surface area contributed by atoms with E-state index in [4.69, 9.17) is 9.15 Å². The molecule has 0 bridgehead atoms. The van der Waals surface area contributed by atoms with Crippen LogP contribution in [-0.2, 0) is 9.53 Å². The summed E-state index contributed by atoms with van der Waals surface area (Å²) in [5, 5.41) is 2.98. The molecule has 0 unspecified atom stereocenters. The number of esters is 1. The van der Waals surface area contributed by atoms with Gasteiger partial charge >= 0.3 is 12.0 Å². The second-order valence-electron chi connectivity index (χ2n) is 9.74. The molecule has 198 valence electrons. The number of amides is 3. The highest BCUT2D eigenvalue weighted by Crippen LogP contribution is 2.32. The minimum Gasteiger partial charge on any atom is -0.463 e. The fourth-order valence-electron chi connectivity index (χ4n) is 4.82. The van der Waals surface area contributed by atoms with E-state index in [1.54, 1.807) is 31.0 Å². The maximum Gasteiger partial charge on any atom is 0.338 e. The van der Waals surface area contributed by atoms with Crippen LogP contribution in [0.3, 0.4) is 0 Å². The maximum absolute atomic E-state index is 13.3. The monoisotopic (exact) mass is 508 g/mol. The van der Waals surface area contributed by atoms with Crippen LogP contribution >= 0.6 is 0 Å². The number of nitrogens with one attached hydrogen (secondary N) is 1. The largest absolute Gasteiger partial charge is 0.463 e. The van der Waals surface area contributed by atoms with Crippen molar-refractivity contribution in [3.05, 3.63) is 70.8 Å². The van der Waals surface area contributed by atoms with Gasteiger partial charge in [0, 0.05) is 45.5 Å². The lowest BCUT2D eigenvalue weighted by molar-refractivity contribution is -0.139. The fraction of sp³-hybridized carbons (Fsp3) is 0.464. The Morgan fingerprint density at radius 3 is 2.51 bits per heavy atom. The lowest BCUT2D eigenvalue weighted by Gasteiger charge is -2.36. The lowest BCUT2D eigenvalue weighted by atomic mass is 9.92. The second-order valence-corrected chi connectivity index (χ2v) is 9.74. The highest BCUT2D eigenvalue weighted by molar-refractivity contribution is 5.95. The van der Waals surface area contributed by atoms with E-state index in [0.717, 1.165) is 18.5 Å². The molecule has 2 aliphatic heterocycles. The first kappa shape index (κ1) is 26.5. The average molecular weight is 509 g/mol. The molecule has 9 nitrogen and oxygen atoms in total. The summed E-state index contributed by atoms with van der Waals surface area (Å²) in [6, 6.07) is 10.5. The molecule has 37 heavy (non-hydrogen) atoms. The number of carbonyl (C=O) groups is 3. The molecule has 1 saturated heterocycles. The number of likely N-dealkylation sites (N-methyl/N-ethyl adjacent to an activating group) is 1. The quantitative estimate of drug-likeness (QED) is 0.572. The van der Waals surface area contributed by atoms with Crippen molar-refractivity contribution in [2.45, 2.75) is 39.2 Å². The predicted molar refractivity (Wildman–Crippen MR) is 139 cm³/mol. The van der Waals surface area contributed by atoms with Crippen LogP contribution in [0.1, 0.15) is 60.8 Å². The molecule has 1 aromatic carbocycles. The molecule has 0 saturated carbocycles. The summed E-state index contributed by atoms with van der Waals surface area (Å²) in [7, 11) is 1.67. The first-order valence-electron chi connectivity index (χ1n) is 12.9. The Kier molecular flexibility index (Phi) is 8.33. The molecule has 0 aliphatic carbocycles. The van der Waals surface area contributed by atoms with Crippen LogP contribution in [0.4, 0.5) is 4.79 Å². The summed E-state index contributed by atoms with van der Waals surface area (Å²) in [5.74, 6) is 0.138. The Morgan fingerprint density at radius 1 is 1.11 bits per heavy atom. The maximum atomic E-state index is 13.3. The van der Waals surface area contributed by atoms with Gasteiger partial charge in [-0.25, -0.2) is 9.59 Å². The van der Waals surface area contributed by atoms with Crippen molar-refractivity contribution in [2.24, 2.45) is 0 Å². The normalized spacial score (nSPS) is 19.2. The highest BCUT2D eigenvalue weighted by atomic mass is 16.5. The molecule has 0 spiro atoms. The molecule has 3 amide bonds. The van der Waals surface area contributed by atoms with E-state index in [0.29, 0.717) is 49.1 Å². The van der Waals surface area contributed by atoms with Gasteiger partial charge in [-0.3, -0.25) is 14.6 Å². The van der Waals surface area contributed by atoms with E-state index in [1.165, 1.54) is 16.7 Å². The smallest absolute Gasteiger partial charge is 0.338 e. The van der Waals surface area contributed by atoms with Crippen molar-refractivity contribution >= 4 is 17.9 Å².